The molecule has 0 aliphatic carbocycles. The molecule has 0 fully saturated rings. The third kappa shape index (κ3) is 1.59. The smallest absolute Gasteiger partial charge is 0.258 e. The first-order chi connectivity index (χ1) is 8.41. The Morgan fingerprint density at radius 2 is 1.56 bits per heavy atom. The highest BCUT2D eigenvalue weighted by atomic mass is 16.7. The van der Waals surface area contributed by atoms with Crippen molar-refractivity contribution >= 4 is 22.4 Å². The molecule has 2 rings (SSSR count). The van der Waals surface area contributed by atoms with Gasteiger partial charge in [0, 0.05) is 0 Å². The van der Waals surface area contributed by atoms with Gasteiger partial charge in [-0.2, -0.15) is 0 Å². The lowest BCUT2D eigenvalue weighted by molar-refractivity contribution is -0.538. The Kier molecular flexibility index (Phi) is 2.35. The summed E-state index contributed by atoms with van der Waals surface area (Å²) in [5.41, 5.74) is -1.83. The van der Waals surface area contributed by atoms with Gasteiger partial charge >= 0.3 is 11.4 Å². The average molecular weight is 253 g/mol. The molecule has 11 nitrogen and oxygen atoms in total. The van der Waals surface area contributed by atoms with E-state index in [9.17, 15) is 30.3 Å². The maximum absolute atomic E-state index is 10.7. The van der Waals surface area contributed by atoms with E-state index in [-0.39, 0.29) is 11.0 Å². The summed E-state index contributed by atoms with van der Waals surface area (Å²) in [6.07, 6.45) is 0.818. The van der Waals surface area contributed by atoms with Gasteiger partial charge in [0.25, 0.3) is 0 Å². The predicted molar refractivity (Wildman–Crippen MR) is 55.4 cm³/mol. The molecule has 11 heteroatoms. The Bertz CT molecular complexity index is 691. The van der Waals surface area contributed by atoms with E-state index in [0.717, 1.165) is 18.5 Å². The van der Waals surface area contributed by atoms with Crippen molar-refractivity contribution < 1.29 is 14.9 Å². The summed E-state index contributed by atoms with van der Waals surface area (Å²) in [5.74, 6) is 0. The van der Waals surface area contributed by atoms with E-state index in [2.05, 4.69) is 4.98 Å². The highest BCUT2D eigenvalue weighted by molar-refractivity contribution is 5.82. The average Bonchev–Trinajstić information content (AvgIpc) is 2.69. The maximum Gasteiger partial charge on any atom is 0.348 e. The molecule has 1 aromatic heterocycles. The molecule has 0 aliphatic rings. The molecule has 1 heterocycles. The predicted octanol–water partition coefficient (Wildman–Crippen LogP) is 0.892. The maximum atomic E-state index is 10.7. The fourth-order valence-electron chi connectivity index (χ4n) is 1.44. The molecule has 0 atom stereocenters. The van der Waals surface area contributed by atoms with E-state index in [1.807, 2.05) is 0 Å². The lowest BCUT2D eigenvalue weighted by Crippen LogP contribution is -2.06. The van der Waals surface area contributed by atoms with E-state index in [1.165, 1.54) is 0 Å². The van der Waals surface area contributed by atoms with E-state index in [1.54, 1.807) is 0 Å². The minimum Gasteiger partial charge on any atom is -0.258 e. The SMILES string of the molecule is O=[N+]([O-])c1cc2ncn([N+](=O)[O-])c2cc1[N+](=O)[O-]. The van der Waals surface area contributed by atoms with Crippen molar-refractivity contribution in [1.82, 2.24) is 9.66 Å². The molecule has 0 saturated heterocycles. The Morgan fingerprint density at radius 1 is 1.00 bits per heavy atom. The summed E-state index contributed by atoms with van der Waals surface area (Å²) in [6.45, 7) is 0. The number of nitro benzene ring substituents is 2. The molecule has 18 heavy (non-hydrogen) atoms. The first kappa shape index (κ1) is 11.4. The normalized spacial score (nSPS) is 10.4. The van der Waals surface area contributed by atoms with E-state index >= 15 is 0 Å². The first-order valence-corrected chi connectivity index (χ1v) is 4.36. The molecule has 2 aromatic rings. The third-order valence-corrected chi connectivity index (χ3v) is 2.19. The number of imidazole rings is 1. The van der Waals surface area contributed by atoms with Gasteiger partial charge < -0.3 is 0 Å². The molecule has 0 unspecified atom stereocenters. The van der Waals surface area contributed by atoms with Crippen LogP contribution in [0.4, 0.5) is 11.4 Å². The fourth-order valence-corrected chi connectivity index (χ4v) is 1.44. The summed E-state index contributed by atoms with van der Waals surface area (Å²) in [5, 5.41) is 31.1. The van der Waals surface area contributed by atoms with Crippen molar-refractivity contribution in [3.8, 4) is 0 Å². The molecule has 0 aliphatic heterocycles. The van der Waals surface area contributed by atoms with Crippen LogP contribution in [0, 0.1) is 30.3 Å². The molecule has 0 saturated carbocycles. The number of nitrogens with zero attached hydrogens (tertiary/aromatic N) is 5. The number of hydrogen-bond donors (Lipinski definition) is 0. The van der Waals surface area contributed by atoms with Gasteiger partial charge in [-0.25, -0.2) is 15.1 Å². The Hall–Kier alpha value is -3.11. The first-order valence-electron chi connectivity index (χ1n) is 4.36. The zero-order valence-electron chi connectivity index (χ0n) is 8.42. The Morgan fingerprint density at radius 3 is 2.06 bits per heavy atom. The minimum absolute atomic E-state index is 0.0657. The Labute approximate surface area is 96.7 Å². The van der Waals surface area contributed by atoms with Crippen molar-refractivity contribution in [2.75, 3.05) is 0 Å². The topological polar surface area (TPSA) is 147 Å². The highest BCUT2D eigenvalue weighted by Gasteiger charge is 2.27. The molecule has 0 amide bonds. The molecule has 1 aromatic carbocycles. The van der Waals surface area contributed by atoms with Crippen molar-refractivity contribution in [3.63, 3.8) is 0 Å². The van der Waals surface area contributed by atoms with Crippen LogP contribution in [0.3, 0.4) is 0 Å². The third-order valence-electron chi connectivity index (χ3n) is 2.19. The van der Waals surface area contributed by atoms with Crippen LogP contribution < -0.4 is 0 Å². The van der Waals surface area contributed by atoms with Crippen molar-refractivity contribution in [1.29, 1.82) is 0 Å². The molecular weight excluding hydrogens is 250 g/mol. The van der Waals surface area contributed by atoms with Gasteiger partial charge in [0.05, 0.1) is 22.0 Å². The largest absolute Gasteiger partial charge is 0.348 e. The number of benzene rings is 1. The quantitative estimate of drug-likeness (QED) is 0.582. The second-order valence-electron chi connectivity index (χ2n) is 3.17. The van der Waals surface area contributed by atoms with E-state index in [4.69, 9.17) is 0 Å². The summed E-state index contributed by atoms with van der Waals surface area (Å²) in [6, 6.07) is 1.58. The van der Waals surface area contributed by atoms with Gasteiger partial charge in [0.15, 0.2) is 11.4 Å². The van der Waals surface area contributed by atoms with E-state index in [0.29, 0.717) is 4.68 Å². The Balaban J connectivity index is 2.83. The van der Waals surface area contributed by atoms with Crippen LogP contribution in [0.5, 0.6) is 0 Å². The molecular formula is C7H3N5O6. The summed E-state index contributed by atoms with van der Waals surface area (Å²) in [7, 11) is 0. The molecule has 0 spiro atoms. The lowest BCUT2D eigenvalue weighted by Gasteiger charge is -1.95. The van der Waals surface area contributed by atoms with Crippen LogP contribution in [-0.2, 0) is 0 Å². The van der Waals surface area contributed by atoms with Crippen LogP contribution in [0.1, 0.15) is 0 Å². The number of rotatable bonds is 3. The highest BCUT2D eigenvalue weighted by Crippen LogP contribution is 2.31. The zero-order chi connectivity index (χ0) is 13.4. The monoisotopic (exact) mass is 253 g/mol. The van der Waals surface area contributed by atoms with Crippen LogP contribution >= 0.6 is 0 Å². The zero-order valence-corrected chi connectivity index (χ0v) is 8.42. The van der Waals surface area contributed by atoms with Gasteiger partial charge in [-0.3, -0.25) is 20.2 Å². The molecule has 0 N–H and O–H groups in total. The molecule has 92 valence electrons. The standard InChI is InChI=1S/C7H3N5O6/c13-10(14)6-1-4-5(2-7(6)11(15)16)9(3-8-4)12(17)18/h1-3H. The van der Waals surface area contributed by atoms with Crippen molar-refractivity contribution in [3.05, 3.63) is 48.8 Å². The van der Waals surface area contributed by atoms with Gasteiger partial charge in [0.1, 0.15) is 11.0 Å². The second-order valence-corrected chi connectivity index (χ2v) is 3.17. The number of fused-ring (bicyclic) bond motifs is 1. The van der Waals surface area contributed by atoms with Crippen molar-refractivity contribution in [2.45, 2.75) is 0 Å². The number of aromatic nitrogens is 2. The summed E-state index contributed by atoms with van der Waals surface area (Å²) < 4.78 is 0.450. The van der Waals surface area contributed by atoms with Gasteiger partial charge in [-0.1, -0.05) is 0 Å². The van der Waals surface area contributed by atoms with Gasteiger partial charge in [-0.15, -0.1) is 0 Å². The molecule has 0 bridgehead atoms. The van der Waals surface area contributed by atoms with Crippen molar-refractivity contribution in [2.24, 2.45) is 0 Å². The van der Waals surface area contributed by atoms with Crippen LogP contribution in [0.25, 0.3) is 11.0 Å². The van der Waals surface area contributed by atoms with Crippen LogP contribution in [0.2, 0.25) is 0 Å². The summed E-state index contributed by atoms with van der Waals surface area (Å²) >= 11 is 0. The second kappa shape index (κ2) is 3.73. The fraction of sp³-hybridized carbons (Fsp3) is 0. The van der Waals surface area contributed by atoms with E-state index < -0.39 is 26.3 Å². The summed E-state index contributed by atoms with van der Waals surface area (Å²) in [4.78, 5) is 33.6. The lowest BCUT2D eigenvalue weighted by atomic mass is 10.2. The number of nitro groups is 3. The minimum atomic E-state index is -0.977. The van der Waals surface area contributed by atoms with Crippen LogP contribution in [0.15, 0.2) is 18.5 Å². The van der Waals surface area contributed by atoms with Crippen LogP contribution in [-0.4, -0.2) is 24.5 Å². The molecule has 0 radical (unpaired) electrons. The van der Waals surface area contributed by atoms with Gasteiger partial charge in [0.2, 0.25) is 0 Å². The number of hydrogen-bond acceptors (Lipinski definition) is 7. The van der Waals surface area contributed by atoms with Gasteiger partial charge in [-0.05, 0) is 4.68 Å².